The maximum atomic E-state index is 14.8. The van der Waals surface area contributed by atoms with Crippen LogP contribution < -0.4 is 30.3 Å². The third-order valence-corrected chi connectivity index (χ3v) is 5.01. The number of urea groups is 1. The molecule has 1 saturated heterocycles. The lowest BCUT2D eigenvalue weighted by Gasteiger charge is -2.29. The Kier molecular flexibility index (Phi) is 6.15. The van der Waals surface area contributed by atoms with E-state index in [1.165, 1.54) is 39.6 Å². The third-order valence-electron chi connectivity index (χ3n) is 5.01. The van der Waals surface area contributed by atoms with E-state index in [1.807, 2.05) is 5.32 Å². The van der Waals surface area contributed by atoms with Crippen LogP contribution in [0.1, 0.15) is 0 Å². The highest BCUT2D eigenvalue weighted by Crippen LogP contribution is 2.37. The molecule has 0 radical (unpaired) electrons. The average molecular weight is 469 g/mol. The van der Waals surface area contributed by atoms with E-state index in [4.69, 9.17) is 14.2 Å². The molecule has 3 aromatic rings. The number of hydrogen-bond donors (Lipinski definition) is 3. The highest BCUT2D eigenvalue weighted by Gasteiger charge is 2.35. The lowest BCUT2D eigenvalue weighted by Crippen LogP contribution is -2.66. The maximum absolute atomic E-state index is 14.8. The summed E-state index contributed by atoms with van der Waals surface area (Å²) in [5.74, 6) is -1.17. The van der Waals surface area contributed by atoms with Gasteiger partial charge in [-0.05, 0) is 24.3 Å². The number of methoxy groups -OCH3 is 2. The Labute approximate surface area is 192 Å². The topological polar surface area (TPSA) is 131 Å². The van der Waals surface area contributed by atoms with Crippen LogP contribution >= 0.6 is 0 Å². The number of carbonyl (C=O) groups is 3. The summed E-state index contributed by atoms with van der Waals surface area (Å²) < 4.78 is 31.2. The molecule has 4 amide bonds. The number of rotatable bonds is 6. The summed E-state index contributed by atoms with van der Waals surface area (Å²) in [6.07, 6.45) is 1.51. The van der Waals surface area contributed by atoms with Crippen LogP contribution in [0.15, 0.2) is 42.6 Å². The molecule has 2 heterocycles. The molecule has 1 atom stereocenters. The number of nitrogens with zero attached hydrogens (tertiary/aromatic N) is 2. The van der Waals surface area contributed by atoms with Crippen molar-refractivity contribution in [3.63, 3.8) is 0 Å². The van der Waals surface area contributed by atoms with Gasteiger partial charge in [0.05, 0.1) is 19.7 Å². The van der Waals surface area contributed by atoms with Crippen molar-refractivity contribution in [3.8, 4) is 23.0 Å². The number of anilines is 1. The first-order valence-electron chi connectivity index (χ1n) is 9.94. The highest BCUT2D eigenvalue weighted by molar-refractivity contribution is 6.14. The zero-order valence-corrected chi connectivity index (χ0v) is 18.3. The third kappa shape index (κ3) is 4.38. The maximum Gasteiger partial charge on any atom is 0.338 e. The van der Waals surface area contributed by atoms with E-state index in [1.54, 1.807) is 18.2 Å². The van der Waals surface area contributed by atoms with Gasteiger partial charge in [0.25, 0.3) is 11.8 Å². The van der Waals surface area contributed by atoms with Gasteiger partial charge in [0.15, 0.2) is 29.1 Å². The molecule has 11 nitrogen and oxygen atoms in total. The quantitative estimate of drug-likeness (QED) is 0.468. The number of halogens is 1. The second-order valence-corrected chi connectivity index (χ2v) is 7.19. The number of pyridine rings is 1. The lowest BCUT2D eigenvalue weighted by molar-refractivity contribution is -0.132. The number of nitrogens with one attached hydrogen (secondary N) is 3. The molecule has 12 heteroatoms. The predicted octanol–water partition coefficient (Wildman–Crippen LogP) is 2.18. The first-order chi connectivity index (χ1) is 16.3. The Morgan fingerprint density at radius 2 is 1.79 bits per heavy atom. The summed E-state index contributed by atoms with van der Waals surface area (Å²) in [6.45, 7) is 0. The van der Waals surface area contributed by atoms with E-state index in [-0.39, 0.29) is 11.4 Å². The van der Waals surface area contributed by atoms with Crippen molar-refractivity contribution in [2.75, 3.05) is 26.6 Å². The van der Waals surface area contributed by atoms with Crippen LogP contribution in [0, 0.1) is 5.82 Å². The van der Waals surface area contributed by atoms with Crippen LogP contribution in [0.2, 0.25) is 0 Å². The molecule has 0 aliphatic carbocycles. The smallest absolute Gasteiger partial charge is 0.338 e. The average Bonchev–Trinajstić information content (AvgIpc) is 2.82. The number of fused-ring (bicyclic) bond motifs is 1. The number of benzene rings is 2. The number of aromatic nitrogens is 1. The summed E-state index contributed by atoms with van der Waals surface area (Å²) in [4.78, 5) is 40.0. The van der Waals surface area contributed by atoms with Gasteiger partial charge in [-0.2, -0.15) is 0 Å². The molecule has 4 rings (SSSR count). The second-order valence-electron chi connectivity index (χ2n) is 7.19. The molecule has 2 aromatic carbocycles. The summed E-state index contributed by atoms with van der Waals surface area (Å²) >= 11 is 0. The SMILES string of the molecule is COc1cc2nccc(Oc3ccc(NC(=O)C4NN(C)C(=O)NC4=O)cc3F)c2cc1OC. The molecular formula is C22H20FN5O6. The van der Waals surface area contributed by atoms with Crippen molar-refractivity contribution in [1.82, 2.24) is 20.7 Å². The van der Waals surface area contributed by atoms with Gasteiger partial charge in [0, 0.05) is 36.5 Å². The Balaban J connectivity index is 1.54. The van der Waals surface area contributed by atoms with Crippen LogP contribution in [0.25, 0.3) is 10.9 Å². The zero-order valence-electron chi connectivity index (χ0n) is 18.3. The first kappa shape index (κ1) is 22.7. The van der Waals surface area contributed by atoms with Crippen LogP contribution in [0.3, 0.4) is 0 Å². The summed E-state index contributed by atoms with van der Waals surface area (Å²) in [5.41, 5.74) is 3.09. The number of imide groups is 1. The molecule has 3 N–H and O–H groups in total. The predicted molar refractivity (Wildman–Crippen MR) is 118 cm³/mol. The van der Waals surface area contributed by atoms with Crippen LogP contribution in [-0.4, -0.2) is 55.1 Å². The van der Waals surface area contributed by atoms with E-state index in [9.17, 15) is 18.8 Å². The van der Waals surface area contributed by atoms with Gasteiger partial charge in [0.1, 0.15) is 5.75 Å². The highest BCUT2D eigenvalue weighted by atomic mass is 19.1. The standard InChI is InChI=1S/C22H20FN5O6/c1-28-22(31)26-21(30)19(27-28)20(29)25-11-4-5-16(13(23)8-11)34-15-6-7-24-14-10-18(33-3)17(32-2)9-12(14)15/h4-10,19,27H,1-3H3,(H,25,29)(H,26,30,31). The van der Waals surface area contributed by atoms with E-state index in [2.05, 4.69) is 15.7 Å². The van der Waals surface area contributed by atoms with Crippen molar-refractivity contribution >= 4 is 34.4 Å². The molecule has 1 aliphatic rings. The molecule has 0 bridgehead atoms. The van der Waals surface area contributed by atoms with Gasteiger partial charge >= 0.3 is 6.03 Å². The van der Waals surface area contributed by atoms with E-state index < -0.39 is 29.7 Å². The zero-order chi connectivity index (χ0) is 24.4. The van der Waals surface area contributed by atoms with Crippen LogP contribution in [0.4, 0.5) is 14.9 Å². The monoisotopic (exact) mass is 469 g/mol. The van der Waals surface area contributed by atoms with Gasteiger partial charge in [-0.1, -0.05) is 0 Å². The molecule has 1 fully saturated rings. The lowest BCUT2D eigenvalue weighted by atomic mass is 10.1. The van der Waals surface area contributed by atoms with Gasteiger partial charge in [-0.15, -0.1) is 0 Å². The Bertz CT molecular complexity index is 1300. The molecule has 1 aromatic heterocycles. The molecule has 1 unspecified atom stereocenters. The van der Waals surface area contributed by atoms with Crippen molar-refractivity contribution in [1.29, 1.82) is 0 Å². The van der Waals surface area contributed by atoms with Crippen LogP contribution in [0.5, 0.6) is 23.0 Å². The van der Waals surface area contributed by atoms with Gasteiger partial charge in [-0.3, -0.25) is 24.9 Å². The minimum atomic E-state index is -1.36. The number of carbonyl (C=O) groups excluding carboxylic acids is 3. The number of ether oxygens (including phenoxy) is 3. The second kappa shape index (κ2) is 9.19. The number of hydrazine groups is 1. The van der Waals surface area contributed by atoms with Crippen molar-refractivity contribution < 1.29 is 33.0 Å². The minimum absolute atomic E-state index is 0.0926. The van der Waals surface area contributed by atoms with E-state index in [0.717, 1.165) is 11.1 Å². The van der Waals surface area contributed by atoms with E-state index >= 15 is 0 Å². The van der Waals surface area contributed by atoms with Gasteiger partial charge < -0.3 is 19.5 Å². The fourth-order valence-electron chi connectivity index (χ4n) is 3.28. The first-order valence-corrected chi connectivity index (χ1v) is 9.94. The van der Waals surface area contributed by atoms with Gasteiger partial charge in [-0.25, -0.2) is 14.6 Å². The summed E-state index contributed by atoms with van der Waals surface area (Å²) in [6, 6.07) is 6.67. The molecular weight excluding hydrogens is 449 g/mol. The number of hydrogen-bond acceptors (Lipinski definition) is 8. The van der Waals surface area contributed by atoms with Gasteiger partial charge in [0.2, 0.25) is 0 Å². The molecule has 176 valence electrons. The summed E-state index contributed by atoms with van der Waals surface area (Å²) in [7, 11) is 4.35. The Morgan fingerprint density at radius 1 is 1.06 bits per heavy atom. The summed E-state index contributed by atoms with van der Waals surface area (Å²) in [5, 5.41) is 6.00. The number of amides is 4. The van der Waals surface area contributed by atoms with Crippen molar-refractivity contribution in [2.24, 2.45) is 0 Å². The Morgan fingerprint density at radius 3 is 2.50 bits per heavy atom. The fourth-order valence-corrected chi connectivity index (χ4v) is 3.28. The molecule has 34 heavy (non-hydrogen) atoms. The van der Waals surface area contributed by atoms with E-state index in [0.29, 0.717) is 28.2 Å². The fraction of sp³-hybridized carbons (Fsp3) is 0.182. The minimum Gasteiger partial charge on any atom is -0.493 e. The largest absolute Gasteiger partial charge is 0.493 e. The van der Waals surface area contributed by atoms with Crippen molar-refractivity contribution in [2.45, 2.75) is 6.04 Å². The Hall–Kier alpha value is -4.45. The molecule has 0 saturated carbocycles. The van der Waals surface area contributed by atoms with Crippen molar-refractivity contribution in [3.05, 3.63) is 48.4 Å². The van der Waals surface area contributed by atoms with Crippen LogP contribution in [-0.2, 0) is 9.59 Å². The normalized spacial score (nSPS) is 15.6. The molecule has 1 aliphatic heterocycles. The molecule has 0 spiro atoms.